The average Bonchev–Trinajstić information content (AvgIpc) is 3.10. The van der Waals surface area contributed by atoms with E-state index in [1.807, 2.05) is 19.1 Å². The van der Waals surface area contributed by atoms with E-state index in [1.54, 1.807) is 10.4 Å². The number of hydrogen-bond donors (Lipinski definition) is 0. The van der Waals surface area contributed by atoms with Gasteiger partial charge in [0.1, 0.15) is 4.21 Å². The van der Waals surface area contributed by atoms with Gasteiger partial charge in [-0.25, -0.2) is 8.42 Å². The standard InChI is InChI=1S/C20H29N5O2S2/c1-2-17-7-10-20(28-17)29(26,27)25-15-13-24(14-16-25)19-9-8-18(21-22-19)23-11-5-3-4-6-12-23/h7-10H,2-6,11-16H2,1H3. The van der Waals surface area contributed by atoms with Gasteiger partial charge in [0.25, 0.3) is 10.0 Å². The summed E-state index contributed by atoms with van der Waals surface area (Å²) in [4.78, 5) is 5.54. The predicted molar refractivity (Wildman–Crippen MR) is 117 cm³/mol. The SMILES string of the molecule is CCc1ccc(S(=O)(=O)N2CCN(c3ccc(N4CCCCCC4)nn3)CC2)s1. The molecule has 0 saturated carbocycles. The molecule has 0 unspecified atom stereocenters. The summed E-state index contributed by atoms with van der Waals surface area (Å²) >= 11 is 1.38. The summed E-state index contributed by atoms with van der Waals surface area (Å²) in [6.07, 6.45) is 5.87. The summed E-state index contributed by atoms with van der Waals surface area (Å²) in [6, 6.07) is 7.71. The highest BCUT2D eigenvalue weighted by Gasteiger charge is 2.30. The molecule has 0 bridgehead atoms. The molecule has 4 rings (SSSR count). The molecular formula is C20H29N5O2S2. The van der Waals surface area contributed by atoms with Gasteiger partial charge in [-0.1, -0.05) is 19.8 Å². The molecule has 0 spiro atoms. The summed E-state index contributed by atoms with van der Waals surface area (Å²) < 4.78 is 27.8. The third kappa shape index (κ3) is 4.57. The van der Waals surface area contributed by atoms with Crippen LogP contribution in [0.4, 0.5) is 11.6 Å². The largest absolute Gasteiger partial charge is 0.355 e. The molecule has 0 amide bonds. The second-order valence-corrected chi connectivity index (χ2v) is 10.9. The van der Waals surface area contributed by atoms with Crippen LogP contribution in [0.25, 0.3) is 0 Å². The zero-order valence-electron chi connectivity index (χ0n) is 17.0. The molecule has 0 aromatic carbocycles. The normalized spacial score (nSPS) is 19.3. The highest BCUT2D eigenvalue weighted by atomic mass is 32.2. The zero-order chi connectivity index (χ0) is 20.3. The number of hydrogen-bond acceptors (Lipinski definition) is 7. The number of nitrogens with zero attached hydrogens (tertiary/aromatic N) is 5. The van der Waals surface area contributed by atoms with Gasteiger partial charge in [-0.3, -0.25) is 0 Å². The monoisotopic (exact) mass is 435 g/mol. The van der Waals surface area contributed by atoms with Crippen LogP contribution in [0, 0.1) is 0 Å². The highest BCUT2D eigenvalue weighted by Crippen LogP contribution is 2.27. The smallest absolute Gasteiger partial charge is 0.252 e. The molecule has 2 aliphatic rings. The van der Waals surface area contributed by atoms with Crippen LogP contribution in [0.5, 0.6) is 0 Å². The lowest BCUT2D eigenvalue weighted by Gasteiger charge is -2.34. The first kappa shape index (κ1) is 20.6. The van der Waals surface area contributed by atoms with Crippen LogP contribution < -0.4 is 9.80 Å². The average molecular weight is 436 g/mol. The minimum absolute atomic E-state index is 0.449. The first-order valence-electron chi connectivity index (χ1n) is 10.5. The van der Waals surface area contributed by atoms with E-state index >= 15 is 0 Å². The fourth-order valence-corrected chi connectivity index (χ4v) is 6.80. The second kappa shape index (κ2) is 8.97. The Morgan fingerprint density at radius 1 is 0.828 bits per heavy atom. The van der Waals surface area contributed by atoms with Gasteiger partial charge in [-0.2, -0.15) is 4.31 Å². The van der Waals surface area contributed by atoms with Gasteiger partial charge in [0, 0.05) is 44.1 Å². The van der Waals surface area contributed by atoms with Crippen LogP contribution in [0.2, 0.25) is 0 Å². The fraction of sp³-hybridized carbons (Fsp3) is 0.600. The molecule has 2 fully saturated rings. The van der Waals surface area contributed by atoms with E-state index in [9.17, 15) is 8.42 Å². The molecule has 0 aliphatic carbocycles. The third-order valence-electron chi connectivity index (χ3n) is 5.71. The number of aromatic nitrogens is 2. The van der Waals surface area contributed by atoms with E-state index in [1.165, 1.54) is 37.0 Å². The van der Waals surface area contributed by atoms with Crippen molar-refractivity contribution in [2.45, 2.75) is 43.2 Å². The number of anilines is 2. The van der Waals surface area contributed by atoms with Crippen molar-refractivity contribution < 1.29 is 8.42 Å². The Morgan fingerprint density at radius 3 is 1.93 bits per heavy atom. The Balaban J connectivity index is 1.38. The Labute approximate surface area is 177 Å². The van der Waals surface area contributed by atoms with Crippen molar-refractivity contribution in [1.29, 1.82) is 0 Å². The first-order valence-corrected chi connectivity index (χ1v) is 12.8. The van der Waals surface area contributed by atoms with Crippen molar-refractivity contribution in [2.24, 2.45) is 0 Å². The van der Waals surface area contributed by atoms with Crippen LogP contribution >= 0.6 is 11.3 Å². The van der Waals surface area contributed by atoms with E-state index < -0.39 is 10.0 Å². The number of thiophene rings is 1. The quantitative estimate of drug-likeness (QED) is 0.719. The molecular weight excluding hydrogens is 406 g/mol. The van der Waals surface area contributed by atoms with Crippen LogP contribution in [-0.2, 0) is 16.4 Å². The Bertz CT molecular complexity index is 897. The van der Waals surface area contributed by atoms with Gasteiger partial charge in [0.2, 0.25) is 0 Å². The summed E-state index contributed by atoms with van der Waals surface area (Å²) in [5.41, 5.74) is 0. The molecule has 0 radical (unpaired) electrons. The van der Waals surface area contributed by atoms with Gasteiger partial charge in [-0.15, -0.1) is 21.5 Å². The molecule has 158 valence electrons. The van der Waals surface area contributed by atoms with E-state index in [2.05, 4.69) is 26.1 Å². The van der Waals surface area contributed by atoms with Crippen molar-refractivity contribution >= 4 is 33.0 Å². The molecule has 0 atom stereocenters. The minimum Gasteiger partial charge on any atom is -0.355 e. The van der Waals surface area contributed by atoms with Gasteiger partial charge in [0.15, 0.2) is 11.6 Å². The highest BCUT2D eigenvalue weighted by molar-refractivity contribution is 7.91. The summed E-state index contributed by atoms with van der Waals surface area (Å²) in [6.45, 7) is 6.33. The van der Waals surface area contributed by atoms with Gasteiger partial charge in [0.05, 0.1) is 0 Å². The molecule has 2 aromatic rings. The second-order valence-electron chi connectivity index (χ2n) is 7.62. The lowest BCUT2D eigenvalue weighted by atomic mass is 10.2. The van der Waals surface area contributed by atoms with Crippen molar-refractivity contribution in [2.75, 3.05) is 49.1 Å². The van der Waals surface area contributed by atoms with Gasteiger partial charge < -0.3 is 9.80 Å². The minimum atomic E-state index is -3.40. The Kier molecular flexibility index (Phi) is 6.36. The Morgan fingerprint density at radius 2 is 1.41 bits per heavy atom. The van der Waals surface area contributed by atoms with E-state index in [4.69, 9.17) is 0 Å². The number of rotatable bonds is 5. The van der Waals surface area contributed by atoms with Crippen LogP contribution in [0.3, 0.4) is 0 Å². The lowest BCUT2D eigenvalue weighted by molar-refractivity contribution is 0.384. The maximum Gasteiger partial charge on any atom is 0.252 e. The topological polar surface area (TPSA) is 69.6 Å². The molecule has 9 heteroatoms. The van der Waals surface area contributed by atoms with E-state index in [-0.39, 0.29) is 0 Å². The predicted octanol–water partition coefficient (Wildman–Crippen LogP) is 2.99. The third-order valence-corrected chi connectivity index (χ3v) is 9.30. The first-order chi connectivity index (χ1) is 14.1. The van der Waals surface area contributed by atoms with Crippen molar-refractivity contribution in [3.05, 3.63) is 29.1 Å². The van der Waals surface area contributed by atoms with Crippen LogP contribution in [0.15, 0.2) is 28.5 Å². The lowest BCUT2D eigenvalue weighted by Crippen LogP contribution is -2.48. The number of sulfonamides is 1. The molecule has 2 aliphatic heterocycles. The fourth-order valence-electron chi connectivity index (χ4n) is 3.93. The molecule has 29 heavy (non-hydrogen) atoms. The molecule has 4 heterocycles. The number of piperazine rings is 1. The van der Waals surface area contributed by atoms with E-state index in [0.29, 0.717) is 30.4 Å². The van der Waals surface area contributed by atoms with Gasteiger partial charge >= 0.3 is 0 Å². The maximum atomic E-state index is 12.9. The van der Waals surface area contributed by atoms with Crippen LogP contribution in [0.1, 0.15) is 37.5 Å². The molecule has 0 N–H and O–H groups in total. The van der Waals surface area contributed by atoms with Crippen molar-refractivity contribution in [3.8, 4) is 0 Å². The van der Waals surface area contributed by atoms with Crippen molar-refractivity contribution in [1.82, 2.24) is 14.5 Å². The zero-order valence-corrected chi connectivity index (χ0v) is 18.6. The summed E-state index contributed by atoms with van der Waals surface area (Å²) in [5.74, 6) is 1.77. The summed E-state index contributed by atoms with van der Waals surface area (Å²) in [7, 11) is -3.40. The van der Waals surface area contributed by atoms with Gasteiger partial charge in [-0.05, 0) is 43.5 Å². The summed E-state index contributed by atoms with van der Waals surface area (Å²) in [5, 5.41) is 8.89. The number of aryl methyl sites for hydroxylation is 1. The molecule has 7 nitrogen and oxygen atoms in total. The van der Waals surface area contributed by atoms with E-state index in [0.717, 1.165) is 36.0 Å². The Hall–Kier alpha value is -1.71. The molecule has 2 aromatic heterocycles. The molecule has 2 saturated heterocycles. The maximum absolute atomic E-state index is 12.9. The van der Waals surface area contributed by atoms with Crippen molar-refractivity contribution in [3.63, 3.8) is 0 Å². The van der Waals surface area contributed by atoms with Crippen LogP contribution in [-0.4, -0.2) is 62.2 Å².